The second kappa shape index (κ2) is 5.17. The molecule has 0 radical (unpaired) electrons. The standard InChI is InChI=1S/C13H16ClN5/c1-10-5-17-19(7-10)11-3-2-4-18(8-11)13-12(14)6-15-9-16-13/h5-7,9,11H,2-4,8H2,1H3. The van der Waals surface area contributed by atoms with Crippen LogP contribution in [0, 0.1) is 6.92 Å². The second-order valence-electron chi connectivity index (χ2n) is 4.93. The molecule has 1 unspecified atom stereocenters. The molecular weight excluding hydrogens is 262 g/mol. The monoisotopic (exact) mass is 277 g/mol. The molecule has 1 aliphatic heterocycles. The quantitative estimate of drug-likeness (QED) is 0.846. The zero-order valence-electron chi connectivity index (χ0n) is 10.8. The van der Waals surface area contributed by atoms with E-state index in [-0.39, 0.29) is 0 Å². The minimum atomic E-state index is 0.383. The Morgan fingerprint density at radius 1 is 1.37 bits per heavy atom. The van der Waals surface area contributed by atoms with Crippen molar-refractivity contribution in [2.24, 2.45) is 0 Å². The lowest BCUT2D eigenvalue weighted by atomic mass is 10.1. The number of aromatic nitrogens is 4. The summed E-state index contributed by atoms with van der Waals surface area (Å²) in [6.45, 7) is 3.93. The Morgan fingerprint density at radius 2 is 2.26 bits per heavy atom. The van der Waals surface area contributed by atoms with E-state index >= 15 is 0 Å². The summed E-state index contributed by atoms with van der Waals surface area (Å²) < 4.78 is 2.05. The zero-order valence-corrected chi connectivity index (χ0v) is 11.6. The molecule has 2 aromatic rings. The van der Waals surface area contributed by atoms with E-state index < -0.39 is 0 Å². The lowest BCUT2D eigenvalue weighted by Crippen LogP contribution is -2.37. The van der Waals surface area contributed by atoms with Crippen molar-refractivity contribution in [2.75, 3.05) is 18.0 Å². The molecule has 3 rings (SSSR count). The van der Waals surface area contributed by atoms with Crippen LogP contribution in [0.3, 0.4) is 0 Å². The van der Waals surface area contributed by atoms with Crippen LogP contribution < -0.4 is 4.90 Å². The van der Waals surface area contributed by atoms with Crippen LogP contribution >= 0.6 is 11.6 Å². The van der Waals surface area contributed by atoms with Crippen molar-refractivity contribution < 1.29 is 0 Å². The summed E-state index contributed by atoms with van der Waals surface area (Å²) >= 11 is 6.17. The van der Waals surface area contributed by atoms with Gasteiger partial charge in [-0.2, -0.15) is 5.10 Å². The van der Waals surface area contributed by atoms with Gasteiger partial charge in [-0.25, -0.2) is 9.97 Å². The molecule has 6 heteroatoms. The number of rotatable bonds is 2. The zero-order chi connectivity index (χ0) is 13.2. The fraction of sp³-hybridized carbons (Fsp3) is 0.462. The average Bonchev–Trinajstić information content (AvgIpc) is 2.86. The molecule has 3 heterocycles. The minimum absolute atomic E-state index is 0.383. The van der Waals surface area contributed by atoms with Gasteiger partial charge < -0.3 is 4.90 Å². The van der Waals surface area contributed by atoms with Gasteiger partial charge in [0.1, 0.15) is 11.3 Å². The Kier molecular flexibility index (Phi) is 3.38. The highest BCUT2D eigenvalue weighted by atomic mass is 35.5. The van der Waals surface area contributed by atoms with Crippen molar-refractivity contribution in [3.8, 4) is 0 Å². The van der Waals surface area contributed by atoms with Crippen LogP contribution in [-0.4, -0.2) is 32.8 Å². The lowest BCUT2D eigenvalue weighted by molar-refractivity contribution is 0.374. The average molecular weight is 278 g/mol. The molecule has 2 aromatic heterocycles. The van der Waals surface area contributed by atoms with Crippen molar-refractivity contribution in [2.45, 2.75) is 25.8 Å². The highest BCUT2D eigenvalue weighted by Gasteiger charge is 2.24. The van der Waals surface area contributed by atoms with E-state index in [0.29, 0.717) is 11.1 Å². The maximum atomic E-state index is 6.17. The van der Waals surface area contributed by atoms with Crippen molar-refractivity contribution in [3.63, 3.8) is 0 Å². The van der Waals surface area contributed by atoms with E-state index in [0.717, 1.165) is 31.7 Å². The fourth-order valence-electron chi connectivity index (χ4n) is 2.53. The van der Waals surface area contributed by atoms with Crippen LogP contribution in [0.15, 0.2) is 24.9 Å². The number of aryl methyl sites for hydroxylation is 1. The summed E-state index contributed by atoms with van der Waals surface area (Å²) in [6, 6.07) is 0.383. The van der Waals surface area contributed by atoms with E-state index in [2.05, 4.69) is 37.8 Å². The maximum Gasteiger partial charge on any atom is 0.150 e. The Bertz CT molecular complexity index is 568. The molecule has 100 valence electrons. The van der Waals surface area contributed by atoms with Gasteiger partial charge in [-0.05, 0) is 25.3 Å². The molecule has 0 bridgehead atoms. The van der Waals surface area contributed by atoms with E-state index in [1.54, 1.807) is 12.5 Å². The Labute approximate surface area is 117 Å². The summed E-state index contributed by atoms with van der Waals surface area (Å²) in [5.74, 6) is 0.824. The third kappa shape index (κ3) is 2.56. The van der Waals surface area contributed by atoms with Crippen molar-refractivity contribution in [1.82, 2.24) is 19.7 Å². The Morgan fingerprint density at radius 3 is 3.00 bits per heavy atom. The third-order valence-corrected chi connectivity index (χ3v) is 3.72. The number of hydrogen-bond donors (Lipinski definition) is 0. The van der Waals surface area contributed by atoms with Gasteiger partial charge in [0.05, 0.1) is 18.4 Å². The van der Waals surface area contributed by atoms with E-state index in [4.69, 9.17) is 11.6 Å². The van der Waals surface area contributed by atoms with Crippen LogP contribution in [-0.2, 0) is 0 Å². The molecule has 0 aromatic carbocycles. The van der Waals surface area contributed by atoms with E-state index in [9.17, 15) is 0 Å². The molecule has 1 fully saturated rings. The van der Waals surface area contributed by atoms with Crippen LogP contribution in [0.25, 0.3) is 0 Å². The third-order valence-electron chi connectivity index (χ3n) is 3.45. The van der Waals surface area contributed by atoms with Gasteiger partial charge in [0.2, 0.25) is 0 Å². The van der Waals surface area contributed by atoms with Crippen molar-refractivity contribution in [1.29, 1.82) is 0 Å². The fourth-order valence-corrected chi connectivity index (χ4v) is 2.76. The normalized spacial score (nSPS) is 19.7. The first-order chi connectivity index (χ1) is 9.24. The molecule has 0 amide bonds. The summed E-state index contributed by atoms with van der Waals surface area (Å²) in [7, 11) is 0. The molecule has 0 aliphatic carbocycles. The van der Waals surface area contributed by atoms with Crippen LogP contribution in [0.4, 0.5) is 5.82 Å². The predicted octanol–water partition coefficient (Wildman–Crippen LogP) is 2.48. The maximum absolute atomic E-state index is 6.17. The number of piperidine rings is 1. The van der Waals surface area contributed by atoms with E-state index in [1.165, 1.54) is 5.56 Å². The number of nitrogens with zero attached hydrogens (tertiary/aromatic N) is 5. The summed E-state index contributed by atoms with van der Waals surface area (Å²) in [6.07, 6.45) is 9.44. The molecule has 19 heavy (non-hydrogen) atoms. The predicted molar refractivity (Wildman–Crippen MR) is 74.5 cm³/mol. The number of halogens is 1. The molecule has 0 spiro atoms. The molecular formula is C13H16ClN5. The Hall–Kier alpha value is -1.62. The first-order valence-corrected chi connectivity index (χ1v) is 6.83. The first-order valence-electron chi connectivity index (χ1n) is 6.45. The number of hydrogen-bond acceptors (Lipinski definition) is 4. The van der Waals surface area contributed by atoms with E-state index in [1.807, 2.05) is 6.20 Å². The number of anilines is 1. The molecule has 0 saturated carbocycles. The first kappa shape index (κ1) is 12.4. The lowest BCUT2D eigenvalue weighted by Gasteiger charge is -2.33. The molecule has 1 saturated heterocycles. The van der Waals surface area contributed by atoms with Gasteiger partial charge in [0.15, 0.2) is 5.82 Å². The molecule has 5 nitrogen and oxygen atoms in total. The SMILES string of the molecule is Cc1cnn(C2CCCN(c3ncncc3Cl)C2)c1. The van der Waals surface area contributed by atoms with Crippen LogP contribution in [0.1, 0.15) is 24.4 Å². The van der Waals surface area contributed by atoms with Gasteiger partial charge in [0, 0.05) is 19.3 Å². The van der Waals surface area contributed by atoms with Crippen molar-refractivity contribution >= 4 is 17.4 Å². The van der Waals surface area contributed by atoms with Crippen molar-refractivity contribution in [3.05, 3.63) is 35.5 Å². The molecule has 1 aliphatic rings. The summed E-state index contributed by atoms with van der Waals surface area (Å²) in [4.78, 5) is 10.4. The van der Waals surface area contributed by atoms with Crippen LogP contribution in [0.2, 0.25) is 5.02 Å². The molecule has 0 N–H and O–H groups in total. The van der Waals surface area contributed by atoms with Gasteiger partial charge in [-0.3, -0.25) is 4.68 Å². The second-order valence-corrected chi connectivity index (χ2v) is 5.34. The van der Waals surface area contributed by atoms with Gasteiger partial charge in [-0.15, -0.1) is 0 Å². The highest BCUT2D eigenvalue weighted by Crippen LogP contribution is 2.28. The largest absolute Gasteiger partial charge is 0.353 e. The summed E-state index contributed by atoms with van der Waals surface area (Å²) in [5.41, 5.74) is 1.19. The minimum Gasteiger partial charge on any atom is -0.353 e. The smallest absolute Gasteiger partial charge is 0.150 e. The van der Waals surface area contributed by atoms with Gasteiger partial charge in [-0.1, -0.05) is 11.6 Å². The highest BCUT2D eigenvalue weighted by molar-refractivity contribution is 6.32. The topological polar surface area (TPSA) is 46.8 Å². The van der Waals surface area contributed by atoms with Gasteiger partial charge in [0.25, 0.3) is 0 Å². The van der Waals surface area contributed by atoms with Gasteiger partial charge >= 0.3 is 0 Å². The Balaban J connectivity index is 1.80. The summed E-state index contributed by atoms with van der Waals surface area (Å²) in [5, 5.41) is 5.03. The van der Waals surface area contributed by atoms with Crippen LogP contribution in [0.5, 0.6) is 0 Å². The molecule has 1 atom stereocenters.